The summed E-state index contributed by atoms with van der Waals surface area (Å²) >= 11 is 5.23. The van der Waals surface area contributed by atoms with E-state index in [4.69, 9.17) is 17.0 Å². The Labute approximate surface area is 136 Å². The molecule has 4 nitrogen and oxygen atoms in total. The third kappa shape index (κ3) is 4.63. The van der Waals surface area contributed by atoms with E-state index in [-0.39, 0.29) is 5.75 Å². The van der Waals surface area contributed by atoms with Crippen molar-refractivity contribution in [1.82, 2.24) is 5.32 Å². The van der Waals surface area contributed by atoms with Crippen molar-refractivity contribution in [3.8, 4) is 11.5 Å². The van der Waals surface area contributed by atoms with Crippen LogP contribution in [0.5, 0.6) is 11.5 Å². The van der Waals surface area contributed by atoms with Crippen molar-refractivity contribution in [3.05, 3.63) is 53.6 Å². The molecular formula is C17H20N2O2S. The fraction of sp³-hybridized carbons (Fsp3) is 0.235. The number of phenols is 1. The first-order valence-corrected chi connectivity index (χ1v) is 7.46. The van der Waals surface area contributed by atoms with E-state index >= 15 is 0 Å². The Bertz CT molecular complexity index is 642. The summed E-state index contributed by atoms with van der Waals surface area (Å²) < 4.78 is 5.13. The van der Waals surface area contributed by atoms with Crippen LogP contribution >= 0.6 is 12.2 Å². The number of phenolic OH excluding ortho intramolecular Hbond substituents is 1. The van der Waals surface area contributed by atoms with Gasteiger partial charge in [-0.2, -0.15) is 0 Å². The van der Waals surface area contributed by atoms with Crippen LogP contribution in [0.1, 0.15) is 11.1 Å². The van der Waals surface area contributed by atoms with Gasteiger partial charge in [0.25, 0.3) is 0 Å². The second-order valence-electron chi connectivity index (χ2n) is 5.00. The molecule has 0 radical (unpaired) electrons. The third-order valence-corrected chi connectivity index (χ3v) is 3.51. The lowest BCUT2D eigenvalue weighted by Gasteiger charge is -2.12. The molecule has 0 aromatic heterocycles. The van der Waals surface area contributed by atoms with Gasteiger partial charge in [-0.15, -0.1) is 0 Å². The second-order valence-corrected chi connectivity index (χ2v) is 5.41. The number of hydrogen-bond donors (Lipinski definition) is 3. The molecule has 0 bridgehead atoms. The van der Waals surface area contributed by atoms with Crippen LogP contribution in [0.25, 0.3) is 0 Å². The summed E-state index contributed by atoms with van der Waals surface area (Å²) in [5.41, 5.74) is 2.81. The number of hydrogen-bond acceptors (Lipinski definition) is 3. The van der Waals surface area contributed by atoms with Gasteiger partial charge in [-0.1, -0.05) is 18.2 Å². The predicted octanol–water partition coefficient (Wildman–Crippen LogP) is 3.24. The Morgan fingerprint density at radius 2 is 1.91 bits per heavy atom. The van der Waals surface area contributed by atoms with Crippen LogP contribution in [0.4, 0.5) is 5.69 Å². The molecule has 3 N–H and O–H groups in total. The number of aromatic hydroxyl groups is 1. The highest BCUT2D eigenvalue weighted by Gasteiger charge is 2.03. The maximum atomic E-state index is 9.83. The van der Waals surface area contributed by atoms with E-state index in [1.807, 2.05) is 43.3 Å². The lowest BCUT2D eigenvalue weighted by Crippen LogP contribution is -2.30. The number of thiocarbonyl (C=S) groups is 1. The molecule has 5 heteroatoms. The summed E-state index contributed by atoms with van der Waals surface area (Å²) in [6, 6.07) is 13.4. The van der Waals surface area contributed by atoms with Crippen molar-refractivity contribution >= 4 is 23.0 Å². The molecule has 2 aromatic rings. The average Bonchev–Trinajstić information content (AvgIpc) is 2.51. The van der Waals surface area contributed by atoms with Gasteiger partial charge in [-0.3, -0.25) is 0 Å². The van der Waals surface area contributed by atoms with Crippen molar-refractivity contribution < 1.29 is 9.84 Å². The first-order chi connectivity index (χ1) is 10.6. The number of benzene rings is 2. The first kappa shape index (κ1) is 16.1. The van der Waals surface area contributed by atoms with Gasteiger partial charge < -0.3 is 20.5 Å². The number of nitrogens with one attached hydrogen (secondary N) is 2. The minimum absolute atomic E-state index is 0.194. The van der Waals surface area contributed by atoms with Crippen LogP contribution in [0, 0.1) is 6.92 Å². The molecule has 0 saturated carbocycles. The zero-order valence-electron chi connectivity index (χ0n) is 12.7. The van der Waals surface area contributed by atoms with E-state index in [0.29, 0.717) is 17.3 Å². The molecule has 0 spiro atoms. The van der Waals surface area contributed by atoms with E-state index in [9.17, 15) is 5.11 Å². The fourth-order valence-corrected chi connectivity index (χ4v) is 2.24. The summed E-state index contributed by atoms with van der Waals surface area (Å²) in [5.74, 6) is 1.04. The predicted molar refractivity (Wildman–Crippen MR) is 93.8 cm³/mol. The minimum atomic E-state index is 0.194. The molecule has 0 heterocycles. The Kier molecular flexibility index (Phi) is 5.61. The largest absolute Gasteiger partial charge is 0.506 e. The Morgan fingerprint density at radius 1 is 1.18 bits per heavy atom. The van der Waals surface area contributed by atoms with Gasteiger partial charge in [0, 0.05) is 6.54 Å². The van der Waals surface area contributed by atoms with Crippen LogP contribution in [0.3, 0.4) is 0 Å². The van der Waals surface area contributed by atoms with Crippen molar-refractivity contribution in [2.45, 2.75) is 13.3 Å². The molecule has 0 atom stereocenters. The lowest BCUT2D eigenvalue weighted by atomic mass is 10.1. The van der Waals surface area contributed by atoms with Gasteiger partial charge >= 0.3 is 0 Å². The van der Waals surface area contributed by atoms with Crippen LogP contribution in [0.15, 0.2) is 42.5 Å². The number of anilines is 1. The summed E-state index contributed by atoms with van der Waals surface area (Å²) in [7, 11) is 1.65. The van der Waals surface area contributed by atoms with Gasteiger partial charge in [-0.25, -0.2) is 0 Å². The van der Waals surface area contributed by atoms with Gasteiger partial charge in [0.05, 0.1) is 12.8 Å². The van der Waals surface area contributed by atoms with Gasteiger partial charge in [0.2, 0.25) is 0 Å². The lowest BCUT2D eigenvalue weighted by molar-refractivity contribution is 0.414. The molecular weight excluding hydrogens is 296 g/mol. The Balaban J connectivity index is 1.79. The maximum Gasteiger partial charge on any atom is 0.170 e. The van der Waals surface area contributed by atoms with Crippen molar-refractivity contribution in [2.75, 3.05) is 19.0 Å². The van der Waals surface area contributed by atoms with Gasteiger partial charge in [0.15, 0.2) is 5.11 Å². The molecule has 0 fully saturated rings. The fourth-order valence-electron chi connectivity index (χ4n) is 2.03. The number of ether oxygens (including phenoxy) is 1. The Morgan fingerprint density at radius 3 is 2.55 bits per heavy atom. The molecule has 0 amide bonds. The standard InChI is InChI=1S/C17H20N2O2S/c1-12-3-8-15(16(20)11-12)19-17(22)18-10-9-13-4-6-14(21-2)7-5-13/h3-8,11,20H,9-10H2,1-2H3,(H2,18,19,22). The smallest absolute Gasteiger partial charge is 0.170 e. The van der Waals surface area contributed by atoms with Crippen LogP contribution < -0.4 is 15.4 Å². The summed E-state index contributed by atoms with van der Waals surface area (Å²) in [6.45, 7) is 2.64. The van der Waals surface area contributed by atoms with Gasteiger partial charge in [0.1, 0.15) is 11.5 Å². The van der Waals surface area contributed by atoms with E-state index in [0.717, 1.165) is 17.7 Å². The van der Waals surface area contributed by atoms with Crippen molar-refractivity contribution in [2.24, 2.45) is 0 Å². The number of aryl methyl sites for hydroxylation is 1. The van der Waals surface area contributed by atoms with E-state index < -0.39 is 0 Å². The highest BCUT2D eigenvalue weighted by atomic mass is 32.1. The molecule has 0 aliphatic heterocycles. The minimum Gasteiger partial charge on any atom is -0.506 e. The molecule has 22 heavy (non-hydrogen) atoms. The SMILES string of the molecule is COc1ccc(CCNC(=S)Nc2ccc(C)cc2O)cc1. The van der Waals surface area contributed by atoms with Gasteiger partial charge in [-0.05, 0) is 61.0 Å². The quantitative estimate of drug-likeness (QED) is 0.584. The molecule has 0 aliphatic rings. The van der Waals surface area contributed by atoms with E-state index in [1.54, 1.807) is 13.2 Å². The van der Waals surface area contributed by atoms with Crippen LogP contribution in [-0.4, -0.2) is 23.9 Å². The number of rotatable bonds is 5. The average molecular weight is 316 g/mol. The van der Waals surface area contributed by atoms with E-state index in [1.165, 1.54) is 5.56 Å². The highest BCUT2D eigenvalue weighted by Crippen LogP contribution is 2.23. The topological polar surface area (TPSA) is 53.5 Å². The zero-order valence-corrected chi connectivity index (χ0v) is 13.5. The zero-order chi connectivity index (χ0) is 15.9. The summed E-state index contributed by atoms with van der Waals surface area (Å²) in [4.78, 5) is 0. The molecule has 0 unspecified atom stereocenters. The molecule has 2 aromatic carbocycles. The van der Waals surface area contributed by atoms with E-state index in [2.05, 4.69) is 10.6 Å². The third-order valence-electron chi connectivity index (χ3n) is 3.26. The van der Waals surface area contributed by atoms with Crippen molar-refractivity contribution in [3.63, 3.8) is 0 Å². The first-order valence-electron chi connectivity index (χ1n) is 7.06. The van der Waals surface area contributed by atoms with Crippen molar-refractivity contribution in [1.29, 1.82) is 0 Å². The normalized spacial score (nSPS) is 10.1. The molecule has 0 aliphatic carbocycles. The molecule has 0 saturated heterocycles. The monoisotopic (exact) mass is 316 g/mol. The van der Waals surface area contributed by atoms with Crippen LogP contribution in [-0.2, 0) is 6.42 Å². The highest BCUT2D eigenvalue weighted by molar-refractivity contribution is 7.80. The Hall–Kier alpha value is -2.27. The second kappa shape index (κ2) is 7.66. The summed E-state index contributed by atoms with van der Waals surface area (Å²) in [6.07, 6.45) is 0.853. The molecule has 116 valence electrons. The maximum absolute atomic E-state index is 9.83. The molecule has 2 rings (SSSR count). The van der Waals surface area contributed by atoms with Crippen LogP contribution in [0.2, 0.25) is 0 Å². The number of methoxy groups -OCH3 is 1. The summed E-state index contributed by atoms with van der Waals surface area (Å²) in [5, 5.41) is 16.4.